The number of para-hydroxylation sites is 4. The van der Waals surface area contributed by atoms with Crippen LogP contribution in [-0.4, -0.2) is 9.55 Å². The number of benzene rings is 8. The maximum atomic E-state index is 17.6. The Labute approximate surface area is 440 Å². The number of fused-ring (bicyclic) bond motifs is 4. The Hall–Kier alpha value is -7.14. The van der Waals surface area contributed by atoms with Crippen LogP contribution in [-0.2, 0) is 32.4 Å². The van der Waals surface area contributed by atoms with Crippen LogP contribution in [0, 0.1) is 49.4 Å². The third-order valence-corrected chi connectivity index (χ3v) is 16.8. The molecule has 5 aliphatic rings. The average Bonchev–Trinajstić information content (AvgIpc) is 3.98. The van der Waals surface area contributed by atoms with E-state index in [2.05, 4.69) is 150 Å². The first kappa shape index (κ1) is 45.7. The molecule has 0 N–H and O–H groups in total. The summed E-state index contributed by atoms with van der Waals surface area (Å²) in [5.74, 6) is -0.0450. The van der Waals surface area contributed by atoms with E-state index in [0.717, 1.165) is 73.3 Å². The Bertz CT molecular complexity index is 3610. The Kier molecular flexibility index (Phi) is 11.2. The zero-order chi connectivity index (χ0) is 48.1. The molecule has 0 radical (unpaired) electrons. The van der Waals surface area contributed by atoms with Crippen LogP contribution in [0.1, 0.15) is 59.9 Å². The van der Waals surface area contributed by atoms with Gasteiger partial charge in [-0.1, -0.05) is 156 Å². The van der Waals surface area contributed by atoms with Crippen LogP contribution in [0.2, 0.25) is 0 Å². The van der Waals surface area contributed by atoms with Crippen molar-refractivity contribution in [3.63, 3.8) is 0 Å². The number of hydrogen-bond acceptors (Lipinski definition) is 3. The van der Waals surface area contributed by atoms with Crippen LogP contribution in [0.5, 0.6) is 0 Å². The van der Waals surface area contributed by atoms with Gasteiger partial charge in [0.15, 0.2) is 0 Å². The largest absolute Gasteiger partial charge is 0.493 e. The van der Waals surface area contributed by atoms with E-state index in [-0.39, 0.29) is 37.6 Å². The van der Waals surface area contributed by atoms with Gasteiger partial charge in [-0.05, 0) is 121 Å². The van der Waals surface area contributed by atoms with Gasteiger partial charge in [0.05, 0.1) is 0 Å². The monoisotopic (exact) mass is 1130 g/mol. The minimum absolute atomic E-state index is 0. The van der Waals surface area contributed by atoms with Crippen molar-refractivity contribution in [2.75, 3.05) is 9.80 Å². The van der Waals surface area contributed by atoms with Gasteiger partial charge in [-0.3, -0.25) is 0 Å². The summed E-state index contributed by atoms with van der Waals surface area (Å²) in [6.45, 7) is 4.17. The van der Waals surface area contributed by atoms with Crippen molar-refractivity contribution in [2.24, 2.45) is 23.7 Å². The molecular formula is C66H51F2N4Pt-3. The van der Waals surface area contributed by atoms with Crippen molar-refractivity contribution in [3.8, 4) is 28.1 Å². The van der Waals surface area contributed by atoms with Gasteiger partial charge in [-0.2, -0.15) is 36.4 Å². The van der Waals surface area contributed by atoms with Crippen molar-refractivity contribution < 1.29 is 29.8 Å². The molecule has 0 amide bonds. The molecule has 7 heteroatoms. The van der Waals surface area contributed by atoms with Gasteiger partial charge in [-0.15, -0.1) is 23.8 Å². The smallest absolute Gasteiger partial charge is 0.254 e. The maximum absolute atomic E-state index is 17.6. The van der Waals surface area contributed by atoms with Gasteiger partial charge in [-0.25, -0.2) is 13.8 Å². The van der Waals surface area contributed by atoms with E-state index >= 15 is 8.78 Å². The molecule has 0 spiro atoms. The number of aromatic nitrogens is 2. The van der Waals surface area contributed by atoms with Gasteiger partial charge in [0.2, 0.25) is 0 Å². The summed E-state index contributed by atoms with van der Waals surface area (Å²) in [7, 11) is 0. The molecule has 0 atom stereocenters. The zero-order valence-electron chi connectivity index (χ0n) is 40.3. The first-order chi connectivity index (χ1) is 35.3. The number of anilines is 4. The second-order valence-electron chi connectivity index (χ2n) is 20.7. The van der Waals surface area contributed by atoms with Crippen LogP contribution >= 0.6 is 0 Å². The fraction of sp³-hybridized carbons (Fsp3) is 0.182. The predicted molar refractivity (Wildman–Crippen MR) is 287 cm³/mol. The Morgan fingerprint density at radius 2 is 1.16 bits per heavy atom. The molecule has 0 unspecified atom stereocenters. The summed E-state index contributed by atoms with van der Waals surface area (Å²) in [6.07, 6.45) is 8.30. The molecule has 4 bridgehead atoms. The standard InChI is InChI=1S/C66H51F2N4.Pt/c1-43-26-28-48(29-27-43)65(52-35-44-34-45(37-52)38-53(65)36-44)49-32-33-69-63(41-49)72-59-23-9-8-20-57(59)58-31-30-51(40-62(58)72)66(67,68)50-18-12-19-54(39-50)70-42-71(61-25-11-10-24-60(61)70)64-55(46-14-4-2-5-15-46)21-13-22-56(64)47-16-6-3-7-17-47;/h2-33,41-42,44-45,52-53H,34-38H2,1H3;/q-3;. The SMILES string of the molecule is Cc1ccc(C2(c3ccnc(-n4c5[c-]c(C(F)(F)c6[c-]c(N7[CH-]N(c8c(-c9ccccc9)cccc8-c8ccccc8)c8ccccc87)ccc6)ccc5c5ccccc54)c3)C3CC4CC(C3)CC2C4)cc1.[Pt]. The van der Waals surface area contributed by atoms with Gasteiger partial charge in [0, 0.05) is 66.4 Å². The van der Waals surface area contributed by atoms with Crippen LogP contribution < -0.4 is 9.80 Å². The topological polar surface area (TPSA) is 24.3 Å². The molecule has 3 heterocycles. The number of nitrogens with zero attached hydrogens (tertiary/aromatic N) is 4. The molecule has 4 nitrogen and oxygen atoms in total. The van der Waals surface area contributed by atoms with E-state index in [1.54, 1.807) is 6.07 Å². The number of hydrogen-bond donors (Lipinski definition) is 0. The molecule has 4 saturated carbocycles. The molecule has 4 aliphatic carbocycles. The fourth-order valence-electron chi connectivity index (χ4n) is 13.9. The number of rotatable bonds is 9. The quantitative estimate of drug-likeness (QED) is 0.135. The summed E-state index contributed by atoms with van der Waals surface area (Å²) in [5, 5.41) is 1.83. The molecule has 8 aromatic carbocycles. The van der Waals surface area contributed by atoms with Gasteiger partial charge < -0.3 is 14.4 Å². The van der Waals surface area contributed by atoms with E-state index in [9.17, 15) is 0 Å². The van der Waals surface area contributed by atoms with Crippen molar-refractivity contribution >= 4 is 44.6 Å². The molecule has 362 valence electrons. The maximum Gasteiger partial charge on any atom is 0.254 e. The minimum Gasteiger partial charge on any atom is -0.493 e. The number of alkyl halides is 2. The second-order valence-corrected chi connectivity index (χ2v) is 20.7. The Morgan fingerprint density at radius 1 is 0.562 bits per heavy atom. The van der Waals surface area contributed by atoms with Gasteiger partial charge in [0.25, 0.3) is 5.92 Å². The van der Waals surface area contributed by atoms with Gasteiger partial charge >= 0.3 is 0 Å². The van der Waals surface area contributed by atoms with E-state index in [4.69, 9.17) is 4.98 Å². The van der Waals surface area contributed by atoms with Crippen LogP contribution in [0.15, 0.2) is 200 Å². The Morgan fingerprint density at radius 3 is 1.85 bits per heavy atom. The molecule has 10 aromatic rings. The Balaban J connectivity index is 0.00000516. The molecular weight excluding hydrogens is 1080 g/mol. The molecule has 4 fully saturated rings. The van der Waals surface area contributed by atoms with Crippen LogP contribution in [0.3, 0.4) is 0 Å². The van der Waals surface area contributed by atoms with E-state index in [1.165, 1.54) is 60.9 Å². The summed E-state index contributed by atoms with van der Waals surface area (Å²) in [5.41, 5.74) is 12.4. The molecule has 15 rings (SSSR count). The first-order valence-corrected chi connectivity index (χ1v) is 25.5. The van der Waals surface area contributed by atoms with Crippen molar-refractivity contribution in [3.05, 3.63) is 247 Å². The third kappa shape index (κ3) is 7.26. The number of aryl methyl sites for hydroxylation is 1. The number of halogens is 2. The zero-order valence-corrected chi connectivity index (χ0v) is 42.6. The van der Waals surface area contributed by atoms with E-state index in [0.29, 0.717) is 23.0 Å². The predicted octanol–water partition coefficient (Wildman–Crippen LogP) is 16.7. The summed E-state index contributed by atoms with van der Waals surface area (Å²) in [4.78, 5) is 9.23. The van der Waals surface area contributed by atoms with Crippen LogP contribution in [0.4, 0.5) is 31.5 Å². The van der Waals surface area contributed by atoms with E-state index in [1.807, 2.05) is 72.4 Å². The molecule has 2 aromatic heterocycles. The fourth-order valence-corrected chi connectivity index (χ4v) is 13.9. The molecule has 73 heavy (non-hydrogen) atoms. The summed E-state index contributed by atoms with van der Waals surface area (Å²) in [6, 6.07) is 72.2. The normalized spacial score (nSPS) is 20.9. The molecule has 0 saturated heterocycles. The van der Waals surface area contributed by atoms with Crippen molar-refractivity contribution in [1.29, 1.82) is 0 Å². The van der Waals surface area contributed by atoms with E-state index < -0.39 is 5.92 Å². The second kappa shape index (κ2) is 17.8. The first-order valence-electron chi connectivity index (χ1n) is 25.5. The van der Waals surface area contributed by atoms with Gasteiger partial charge in [0.1, 0.15) is 5.82 Å². The van der Waals surface area contributed by atoms with Crippen molar-refractivity contribution in [1.82, 2.24) is 9.55 Å². The minimum atomic E-state index is -3.45. The number of pyridine rings is 1. The van der Waals surface area contributed by atoms with Crippen LogP contribution in [0.25, 0.3) is 49.9 Å². The summed E-state index contributed by atoms with van der Waals surface area (Å²) >= 11 is 0. The average molecular weight is 1130 g/mol. The molecule has 1 aliphatic heterocycles. The summed E-state index contributed by atoms with van der Waals surface area (Å²) < 4.78 is 37.3. The third-order valence-electron chi connectivity index (χ3n) is 16.8. The van der Waals surface area contributed by atoms with Crippen molar-refractivity contribution in [2.45, 2.75) is 50.4 Å².